The number of carbonyl (C=O) groups is 2. The van der Waals surface area contributed by atoms with Crippen molar-refractivity contribution in [2.24, 2.45) is 5.73 Å². The Balaban J connectivity index is 2.17. The van der Waals surface area contributed by atoms with Gasteiger partial charge in [-0.3, -0.25) is 4.84 Å². The third kappa shape index (κ3) is 1.95. The summed E-state index contributed by atoms with van der Waals surface area (Å²) in [6.07, 6.45) is 0.854. The lowest BCUT2D eigenvalue weighted by Gasteiger charge is -2.28. The van der Waals surface area contributed by atoms with Crippen molar-refractivity contribution >= 4 is 12.0 Å². The Bertz CT molecular complexity index is 409. The molecular formula is C11H17N3O4. The van der Waals surface area contributed by atoms with Crippen LogP contribution in [0.1, 0.15) is 13.8 Å². The summed E-state index contributed by atoms with van der Waals surface area (Å²) in [5.41, 5.74) is 6.66. The molecule has 0 aromatic rings. The molecule has 0 aromatic heterocycles. The first-order chi connectivity index (χ1) is 8.45. The minimum atomic E-state index is -1.10. The molecule has 2 heterocycles. The van der Waals surface area contributed by atoms with Crippen molar-refractivity contribution in [2.45, 2.75) is 32.0 Å². The van der Waals surface area contributed by atoms with Crippen LogP contribution in [-0.2, 0) is 9.63 Å². The van der Waals surface area contributed by atoms with Gasteiger partial charge in [0.2, 0.25) is 0 Å². The molecule has 2 bridgehead atoms. The lowest BCUT2D eigenvalue weighted by Crippen LogP contribution is -2.44. The Hall–Kier alpha value is -1.60. The van der Waals surface area contributed by atoms with E-state index in [0.717, 1.165) is 10.6 Å². The summed E-state index contributed by atoms with van der Waals surface area (Å²) in [7, 11) is 0. The predicted octanol–water partition coefficient (Wildman–Crippen LogP) is -0.215. The highest BCUT2D eigenvalue weighted by Gasteiger charge is 2.45. The molecule has 2 aliphatic rings. The third-order valence-electron chi connectivity index (χ3n) is 3.32. The van der Waals surface area contributed by atoms with E-state index in [4.69, 9.17) is 15.7 Å². The molecule has 18 heavy (non-hydrogen) atoms. The average Bonchev–Trinajstić information content (AvgIpc) is 2.55. The van der Waals surface area contributed by atoms with Crippen molar-refractivity contribution < 1.29 is 19.5 Å². The number of urea groups is 1. The molecule has 7 heteroatoms. The van der Waals surface area contributed by atoms with Crippen LogP contribution in [0.3, 0.4) is 0 Å². The van der Waals surface area contributed by atoms with Gasteiger partial charge < -0.3 is 15.7 Å². The van der Waals surface area contributed by atoms with Gasteiger partial charge in [-0.05, 0) is 13.8 Å². The molecule has 7 nitrogen and oxygen atoms in total. The van der Waals surface area contributed by atoms with Gasteiger partial charge in [-0.25, -0.2) is 9.59 Å². The average molecular weight is 255 g/mol. The number of hydrogen-bond donors (Lipinski definition) is 2. The normalized spacial score (nSPS) is 28.4. The minimum Gasteiger partial charge on any atom is -0.479 e. The summed E-state index contributed by atoms with van der Waals surface area (Å²) < 4.78 is 0. The largest absolute Gasteiger partial charge is 0.479 e. The van der Waals surface area contributed by atoms with Gasteiger partial charge in [0, 0.05) is 13.1 Å². The number of carboxylic acid groups (broad SMARTS) is 1. The third-order valence-corrected chi connectivity index (χ3v) is 3.32. The smallest absolute Gasteiger partial charge is 0.345 e. The molecular weight excluding hydrogens is 238 g/mol. The lowest BCUT2D eigenvalue weighted by molar-refractivity contribution is -0.185. The Labute approximate surface area is 105 Å². The molecule has 0 aromatic carbocycles. The van der Waals surface area contributed by atoms with E-state index in [0.29, 0.717) is 13.1 Å². The second kappa shape index (κ2) is 4.58. The number of hydroxylamine groups is 2. The number of carboxylic acids is 1. The van der Waals surface area contributed by atoms with E-state index in [-0.39, 0.29) is 18.1 Å². The second-order valence-corrected chi connectivity index (χ2v) is 4.58. The molecule has 1 fully saturated rings. The quantitative estimate of drug-likeness (QED) is 0.677. The number of amides is 2. The number of nitrogens with two attached hydrogens (primary N) is 1. The van der Waals surface area contributed by atoms with Gasteiger partial charge in [0.05, 0.1) is 12.1 Å². The molecule has 3 atom stereocenters. The Morgan fingerprint density at radius 1 is 1.72 bits per heavy atom. The number of rotatable bonds is 4. The van der Waals surface area contributed by atoms with Crippen LogP contribution >= 0.6 is 0 Å². The first-order valence-electron chi connectivity index (χ1n) is 5.83. The van der Waals surface area contributed by atoms with Gasteiger partial charge in [0.25, 0.3) is 0 Å². The summed E-state index contributed by atoms with van der Waals surface area (Å²) in [6, 6.07) is -0.679. The molecule has 2 aliphatic heterocycles. The SMILES string of the molecule is CC1=C[C@@H]2CN(C(=O)N2OC(C)C(=O)O)[C@@H]1CN. The van der Waals surface area contributed by atoms with E-state index in [2.05, 4.69) is 0 Å². The first kappa shape index (κ1) is 12.8. The molecule has 3 N–H and O–H groups in total. The Morgan fingerprint density at radius 2 is 2.39 bits per heavy atom. The van der Waals surface area contributed by atoms with Crippen LogP contribution in [0.4, 0.5) is 4.79 Å². The Kier molecular flexibility index (Phi) is 3.27. The molecule has 1 saturated heterocycles. The van der Waals surface area contributed by atoms with E-state index in [1.54, 1.807) is 4.90 Å². The van der Waals surface area contributed by atoms with Gasteiger partial charge in [-0.1, -0.05) is 11.6 Å². The van der Waals surface area contributed by atoms with Gasteiger partial charge in [-0.2, -0.15) is 5.06 Å². The van der Waals surface area contributed by atoms with Gasteiger partial charge in [-0.15, -0.1) is 0 Å². The second-order valence-electron chi connectivity index (χ2n) is 4.58. The van der Waals surface area contributed by atoms with Crippen LogP contribution in [0, 0.1) is 0 Å². The Morgan fingerprint density at radius 3 is 2.94 bits per heavy atom. The number of fused-ring (bicyclic) bond motifs is 2. The monoisotopic (exact) mass is 255 g/mol. The number of carbonyl (C=O) groups excluding carboxylic acids is 1. The lowest BCUT2D eigenvalue weighted by atomic mass is 10.0. The van der Waals surface area contributed by atoms with Crippen molar-refractivity contribution in [3.63, 3.8) is 0 Å². The van der Waals surface area contributed by atoms with Crippen molar-refractivity contribution in [1.82, 2.24) is 9.96 Å². The summed E-state index contributed by atoms with van der Waals surface area (Å²) in [6.45, 7) is 4.14. The van der Waals surface area contributed by atoms with Crippen molar-refractivity contribution in [3.05, 3.63) is 11.6 Å². The van der Waals surface area contributed by atoms with Crippen LogP contribution in [0.25, 0.3) is 0 Å². The standard InChI is InChI=1S/C11H17N3O4/c1-6-3-8-5-13(9(6)4-12)11(17)14(8)18-7(2)10(15)16/h3,7-9H,4-5,12H2,1-2H3,(H,15,16)/t7?,8-,9-/m1/s1. The predicted molar refractivity (Wildman–Crippen MR) is 62.5 cm³/mol. The highest BCUT2D eigenvalue weighted by Crippen LogP contribution is 2.29. The fraction of sp³-hybridized carbons (Fsp3) is 0.636. The highest BCUT2D eigenvalue weighted by atomic mass is 16.7. The van der Waals surface area contributed by atoms with E-state index in [1.807, 2.05) is 13.0 Å². The van der Waals surface area contributed by atoms with E-state index in [1.165, 1.54) is 6.92 Å². The van der Waals surface area contributed by atoms with E-state index in [9.17, 15) is 9.59 Å². The van der Waals surface area contributed by atoms with Crippen LogP contribution in [0.15, 0.2) is 11.6 Å². The molecule has 0 radical (unpaired) electrons. The summed E-state index contributed by atoms with van der Waals surface area (Å²) >= 11 is 0. The van der Waals surface area contributed by atoms with Gasteiger partial charge in [0.1, 0.15) is 0 Å². The number of nitrogens with zero attached hydrogens (tertiary/aromatic N) is 2. The molecule has 0 spiro atoms. The number of aliphatic carboxylic acids is 1. The maximum absolute atomic E-state index is 12.1. The molecule has 0 aliphatic carbocycles. The fourth-order valence-corrected chi connectivity index (χ4v) is 2.32. The van der Waals surface area contributed by atoms with Crippen LogP contribution in [0.5, 0.6) is 0 Å². The maximum Gasteiger partial charge on any atom is 0.345 e. The summed E-state index contributed by atoms with van der Waals surface area (Å²) in [4.78, 5) is 29.7. The zero-order valence-corrected chi connectivity index (χ0v) is 10.4. The minimum absolute atomic E-state index is 0.123. The molecule has 0 saturated carbocycles. The number of hydrogen-bond acceptors (Lipinski definition) is 4. The van der Waals surface area contributed by atoms with Crippen LogP contribution < -0.4 is 5.73 Å². The van der Waals surface area contributed by atoms with Crippen LogP contribution in [-0.4, -0.2) is 58.3 Å². The first-order valence-corrected chi connectivity index (χ1v) is 5.83. The molecule has 2 rings (SSSR count). The topological polar surface area (TPSA) is 96.1 Å². The summed E-state index contributed by atoms with van der Waals surface area (Å²) in [5.74, 6) is -1.10. The van der Waals surface area contributed by atoms with Crippen LogP contribution in [0.2, 0.25) is 0 Å². The summed E-state index contributed by atoms with van der Waals surface area (Å²) in [5, 5.41) is 9.94. The molecule has 100 valence electrons. The van der Waals surface area contributed by atoms with Gasteiger partial charge in [0.15, 0.2) is 6.10 Å². The van der Waals surface area contributed by atoms with E-state index < -0.39 is 12.1 Å². The zero-order valence-electron chi connectivity index (χ0n) is 10.4. The van der Waals surface area contributed by atoms with Crippen molar-refractivity contribution in [1.29, 1.82) is 0 Å². The molecule has 1 unspecified atom stereocenters. The van der Waals surface area contributed by atoms with Crippen molar-refractivity contribution in [3.8, 4) is 0 Å². The maximum atomic E-state index is 12.1. The zero-order chi connectivity index (χ0) is 13.4. The van der Waals surface area contributed by atoms with E-state index >= 15 is 0 Å². The fourth-order valence-electron chi connectivity index (χ4n) is 2.32. The highest BCUT2D eigenvalue weighted by molar-refractivity contribution is 5.79. The van der Waals surface area contributed by atoms with Crippen molar-refractivity contribution in [2.75, 3.05) is 13.1 Å². The van der Waals surface area contributed by atoms with Gasteiger partial charge >= 0.3 is 12.0 Å². The molecule has 2 amide bonds.